The van der Waals surface area contributed by atoms with Crippen molar-refractivity contribution in [1.29, 1.82) is 0 Å². The number of carbonyl (C=O) groups is 2. The van der Waals surface area contributed by atoms with E-state index in [4.69, 9.17) is 11.6 Å². The number of fused-ring (bicyclic) bond motifs is 3. The van der Waals surface area contributed by atoms with Gasteiger partial charge in [0.05, 0.1) is 6.54 Å². The van der Waals surface area contributed by atoms with Gasteiger partial charge in [-0.05, 0) is 30.3 Å². The van der Waals surface area contributed by atoms with Gasteiger partial charge in [-0.15, -0.1) is 0 Å². The second-order valence-electron chi connectivity index (χ2n) is 6.38. The number of nitrogens with one attached hydrogen (secondary N) is 2. The molecule has 0 spiro atoms. The minimum atomic E-state index is -0.278. The molecule has 132 valence electrons. The summed E-state index contributed by atoms with van der Waals surface area (Å²) in [4.78, 5) is 29.9. The first-order valence-corrected chi connectivity index (χ1v) is 8.89. The van der Waals surface area contributed by atoms with Crippen molar-refractivity contribution in [2.45, 2.75) is 13.0 Å². The third-order valence-corrected chi connectivity index (χ3v) is 4.99. The molecule has 1 aromatic heterocycles. The van der Waals surface area contributed by atoms with Crippen molar-refractivity contribution in [2.24, 2.45) is 0 Å². The lowest BCUT2D eigenvalue weighted by Crippen LogP contribution is -2.42. The lowest BCUT2D eigenvalue weighted by molar-refractivity contribution is -0.131. The van der Waals surface area contributed by atoms with Gasteiger partial charge in [0, 0.05) is 52.3 Å². The van der Waals surface area contributed by atoms with E-state index in [-0.39, 0.29) is 18.4 Å². The Morgan fingerprint density at radius 2 is 1.88 bits per heavy atom. The number of benzene rings is 2. The molecule has 0 saturated heterocycles. The summed E-state index contributed by atoms with van der Waals surface area (Å²) in [6, 6.07) is 14.7. The van der Waals surface area contributed by atoms with Crippen LogP contribution in [0.4, 0.5) is 0 Å². The van der Waals surface area contributed by atoms with Gasteiger partial charge in [-0.1, -0.05) is 29.8 Å². The van der Waals surface area contributed by atoms with Crippen LogP contribution in [0.3, 0.4) is 0 Å². The Morgan fingerprint density at radius 1 is 1.12 bits per heavy atom. The molecule has 6 heteroatoms. The summed E-state index contributed by atoms with van der Waals surface area (Å²) in [5, 5.41) is 4.42. The van der Waals surface area contributed by atoms with Crippen LogP contribution in [0.5, 0.6) is 0 Å². The van der Waals surface area contributed by atoms with Crippen molar-refractivity contribution in [3.8, 4) is 0 Å². The van der Waals surface area contributed by atoms with Crippen molar-refractivity contribution < 1.29 is 9.59 Å². The number of hydrogen-bond acceptors (Lipinski definition) is 2. The number of aromatic nitrogens is 1. The molecular formula is C20H18ClN3O2. The monoisotopic (exact) mass is 367 g/mol. The second-order valence-corrected chi connectivity index (χ2v) is 6.82. The number of aromatic amines is 1. The topological polar surface area (TPSA) is 65.2 Å². The second kappa shape index (κ2) is 6.84. The fourth-order valence-corrected chi connectivity index (χ4v) is 3.48. The van der Waals surface area contributed by atoms with E-state index in [1.807, 2.05) is 18.2 Å². The van der Waals surface area contributed by atoms with Gasteiger partial charge in [-0.25, -0.2) is 0 Å². The molecule has 3 aromatic rings. The summed E-state index contributed by atoms with van der Waals surface area (Å²) in [7, 11) is 0. The van der Waals surface area contributed by atoms with Gasteiger partial charge in [0.2, 0.25) is 5.91 Å². The molecule has 0 saturated carbocycles. The number of H-pyrrole nitrogens is 1. The van der Waals surface area contributed by atoms with Crippen LogP contribution >= 0.6 is 11.6 Å². The Morgan fingerprint density at radius 3 is 2.69 bits per heavy atom. The predicted octanol–water partition coefficient (Wildman–Crippen LogP) is 3.14. The lowest BCUT2D eigenvalue weighted by atomic mass is 10.0. The molecule has 0 unspecified atom stereocenters. The van der Waals surface area contributed by atoms with E-state index in [1.165, 1.54) is 11.3 Å². The van der Waals surface area contributed by atoms with Gasteiger partial charge in [-0.3, -0.25) is 9.59 Å². The van der Waals surface area contributed by atoms with E-state index >= 15 is 0 Å². The molecule has 4 rings (SSSR count). The summed E-state index contributed by atoms with van der Waals surface area (Å²) in [6.45, 7) is 1.20. The van der Waals surface area contributed by atoms with Crippen molar-refractivity contribution in [2.75, 3.05) is 13.1 Å². The third kappa shape index (κ3) is 3.18. The van der Waals surface area contributed by atoms with E-state index in [0.717, 1.165) is 17.3 Å². The number of hydrogen-bond donors (Lipinski definition) is 2. The Kier molecular flexibility index (Phi) is 4.39. The molecule has 1 aliphatic rings. The maximum atomic E-state index is 12.5. The highest BCUT2D eigenvalue weighted by Gasteiger charge is 2.24. The zero-order chi connectivity index (χ0) is 18.1. The highest BCUT2D eigenvalue weighted by Crippen LogP contribution is 2.27. The van der Waals surface area contributed by atoms with Gasteiger partial charge in [0.15, 0.2) is 0 Å². The smallest absolute Gasteiger partial charge is 0.251 e. The number of rotatable bonds is 3. The fraction of sp³-hybridized carbons (Fsp3) is 0.200. The first-order chi connectivity index (χ1) is 12.6. The van der Waals surface area contributed by atoms with Crippen molar-refractivity contribution in [3.05, 3.63) is 70.4 Å². The first kappa shape index (κ1) is 16.7. The minimum absolute atomic E-state index is 0.0147. The van der Waals surface area contributed by atoms with E-state index < -0.39 is 0 Å². The average molecular weight is 368 g/mol. The average Bonchev–Trinajstić information content (AvgIpc) is 3.04. The molecule has 2 N–H and O–H groups in total. The molecule has 26 heavy (non-hydrogen) atoms. The molecule has 0 fully saturated rings. The van der Waals surface area contributed by atoms with Gasteiger partial charge in [0.25, 0.3) is 5.91 Å². The van der Waals surface area contributed by atoms with E-state index in [0.29, 0.717) is 23.7 Å². The number of amides is 2. The van der Waals surface area contributed by atoms with Crippen molar-refractivity contribution >= 4 is 34.3 Å². The van der Waals surface area contributed by atoms with Gasteiger partial charge in [0.1, 0.15) is 0 Å². The molecule has 0 aliphatic carbocycles. The van der Waals surface area contributed by atoms with E-state index in [1.54, 1.807) is 29.2 Å². The number of carbonyl (C=O) groups excluding carboxylic acids is 2. The van der Waals surface area contributed by atoms with Crippen LogP contribution < -0.4 is 5.32 Å². The standard InChI is InChI=1S/C20H18ClN3O2/c21-14-7-5-13(6-8-14)20(26)22-11-19(25)24-10-9-18-16(12-24)15-3-1-2-4-17(15)23-18/h1-8,23H,9-12H2,(H,22,26). The molecule has 1 aliphatic heterocycles. The molecule has 5 nitrogen and oxygen atoms in total. The minimum Gasteiger partial charge on any atom is -0.358 e. The Balaban J connectivity index is 1.41. The molecule has 2 aromatic carbocycles. The normalized spacial score (nSPS) is 13.5. The first-order valence-electron chi connectivity index (χ1n) is 8.52. The summed E-state index contributed by atoms with van der Waals surface area (Å²) in [5.74, 6) is -0.358. The number of halogens is 1. The maximum Gasteiger partial charge on any atom is 0.251 e. The zero-order valence-corrected chi connectivity index (χ0v) is 14.8. The molecule has 0 radical (unpaired) electrons. The Bertz CT molecular complexity index is 978. The van der Waals surface area contributed by atoms with Crippen molar-refractivity contribution in [3.63, 3.8) is 0 Å². The SMILES string of the molecule is O=C(NCC(=O)N1CCc2[nH]c3ccccc3c2C1)c1ccc(Cl)cc1. The van der Waals surface area contributed by atoms with Crippen LogP contribution in [-0.2, 0) is 17.8 Å². The van der Waals surface area contributed by atoms with Gasteiger partial charge < -0.3 is 15.2 Å². The Labute approximate surface area is 155 Å². The van der Waals surface area contributed by atoms with Crippen LogP contribution in [0.1, 0.15) is 21.6 Å². The molecular weight excluding hydrogens is 350 g/mol. The van der Waals surface area contributed by atoms with Crippen LogP contribution in [0, 0.1) is 0 Å². The molecule has 2 heterocycles. The highest BCUT2D eigenvalue weighted by atomic mass is 35.5. The van der Waals surface area contributed by atoms with Crippen LogP contribution in [-0.4, -0.2) is 34.8 Å². The zero-order valence-electron chi connectivity index (χ0n) is 14.1. The van der Waals surface area contributed by atoms with Crippen LogP contribution in [0.25, 0.3) is 10.9 Å². The molecule has 0 atom stereocenters. The lowest BCUT2D eigenvalue weighted by Gasteiger charge is -2.27. The summed E-state index contributed by atoms with van der Waals surface area (Å²) >= 11 is 5.82. The molecule has 0 bridgehead atoms. The summed E-state index contributed by atoms with van der Waals surface area (Å²) in [5.41, 5.74) is 3.95. The summed E-state index contributed by atoms with van der Waals surface area (Å²) in [6.07, 6.45) is 0.793. The fourth-order valence-electron chi connectivity index (χ4n) is 3.35. The number of para-hydroxylation sites is 1. The third-order valence-electron chi connectivity index (χ3n) is 4.74. The van der Waals surface area contributed by atoms with Gasteiger partial charge >= 0.3 is 0 Å². The van der Waals surface area contributed by atoms with Crippen LogP contribution in [0.2, 0.25) is 5.02 Å². The number of nitrogens with zero attached hydrogens (tertiary/aromatic N) is 1. The maximum absolute atomic E-state index is 12.5. The van der Waals surface area contributed by atoms with Crippen molar-refractivity contribution in [1.82, 2.24) is 15.2 Å². The van der Waals surface area contributed by atoms with Crippen LogP contribution in [0.15, 0.2) is 48.5 Å². The van der Waals surface area contributed by atoms with E-state index in [9.17, 15) is 9.59 Å². The quantitative estimate of drug-likeness (QED) is 0.747. The molecule has 2 amide bonds. The van der Waals surface area contributed by atoms with E-state index in [2.05, 4.69) is 16.4 Å². The Hall–Kier alpha value is -2.79. The largest absolute Gasteiger partial charge is 0.358 e. The summed E-state index contributed by atoms with van der Waals surface area (Å²) < 4.78 is 0. The highest BCUT2D eigenvalue weighted by molar-refractivity contribution is 6.30. The van der Waals surface area contributed by atoms with Gasteiger partial charge in [-0.2, -0.15) is 0 Å². The predicted molar refractivity (Wildman–Crippen MR) is 101 cm³/mol.